The molecule has 1 aromatic carbocycles. The van der Waals surface area contributed by atoms with E-state index in [2.05, 4.69) is 11.3 Å². The molecular weight excluding hydrogens is 208 g/mol. The minimum Gasteiger partial charge on any atom is -0.508 e. The van der Waals surface area contributed by atoms with Gasteiger partial charge in [-0.25, -0.2) is 0 Å². The second-order valence-electron chi connectivity index (χ2n) is 3.62. The number of rotatable bonds is 2. The first-order valence-electron chi connectivity index (χ1n) is 4.80. The van der Waals surface area contributed by atoms with Gasteiger partial charge in [0.15, 0.2) is 0 Å². The van der Waals surface area contributed by atoms with E-state index >= 15 is 0 Å². The molecule has 0 amide bonds. The minimum atomic E-state index is -0.520. The first kappa shape index (κ1) is 10.4. The summed E-state index contributed by atoms with van der Waals surface area (Å²) < 4.78 is 4.46. The van der Waals surface area contributed by atoms with Crippen LogP contribution in [0.15, 0.2) is 30.8 Å². The predicted molar refractivity (Wildman–Crippen MR) is 56.6 cm³/mol. The zero-order valence-electron chi connectivity index (χ0n) is 8.47. The summed E-state index contributed by atoms with van der Waals surface area (Å²) in [4.78, 5) is 22.2. The summed E-state index contributed by atoms with van der Waals surface area (Å²) in [5, 5.41) is 9.13. The van der Waals surface area contributed by atoms with Crippen LogP contribution in [0.4, 0.5) is 0 Å². The Hall–Kier alpha value is -2.10. The predicted octanol–water partition coefficient (Wildman–Crippen LogP) is 1.77. The Morgan fingerprint density at radius 3 is 2.38 bits per heavy atom. The van der Waals surface area contributed by atoms with Crippen LogP contribution in [-0.4, -0.2) is 17.0 Å². The fourth-order valence-electron chi connectivity index (χ4n) is 1.64. The zero-order valence-corrected chi connectivity index (χ0v) is 8.47. The lowest BCUT2D eigenvalue weighted by atomic mass is 9.96. The molecule has 1 fully saturated rings. The van der Waals surface area contributed by atoms with Crippen molar-refractivity contribution in [3.8, 4) is 0 Å². The second-order valence-corrected chi connectivity index (χ2v) is 3.62. The number of cyclic esters (lactones) is 2. The van der Waals surface area contributed by atoms with Gasteiger partial charge in [0.1, 0.15) is 5.76 Å². The highest BCUT2D eigenvalue weighted by Crippen LogP contribution is 2.28. The van der Waals surface area contributed by atoms with E-state index in [4.69, 9.17) is 5.11 Å². The van der Waals surface area contributed by atoms with Gasteiger partial charge >= 0.3 is 11.9 Å². The Labute approximate surface area is 92.2 Å². The maximum atomic E-state index is 11.3. The van der Waals surface area contributed by atoms with E-state index in [1.54, 1.807) is 24.3 Å². The number of aliphatic hydroxyl groups is 1. The van der Waals surface area contributed by atoms with Crippen LogP contribution in [0.3, 0.4) is 0 Å². The van der Waals surface area contributed by atoms with Crippen LogP contribution in [0.25, 0.3) is 5.76 Å². The van der Waals surface area contributed by atoms with E-state index in [-0.39, 0.29) is 12.2 Å². The van der Waals surface area contributed by atoms with Crippen LogP contribution in [0.1, 0.15) is 23.5 Å². The highest BCUT2D eigenvalue weighted by atomic mass is 16.6. The average Bonchev–Trinajstić information content (AvgIpc) is 2.58. The molecule has 16 heavy (non-hydrogen) atoms. The topological polar surface area (TPSA) is 63.6 Å². The maximum Gasteiger partial charge on any atom is 0.321 e. The molecule has 1 aliphatic heterocycles. The minimum absolute atomic E-state index is 0.0309. The van der Waals surface area contributed by atoms with Crippen molar-refractivity contribution in [1.82, 2.24) is 0 Å². The smallest absolute Gasteiger partial charge is 0.321 e. The van der Waals surface area contributed by atoms with E-state index in [1.165, 1.54) is 0 Å². The van der Waals surface area contributed by atoms with Gasteiger partial charge < -0.3 is 9.84 Å². The Morgan fingerprint density at radius 1 is 1.31 bits per heavy atom. The van der Waals surface area contributed by atoms with Crippen molar-refractivity contribution in [1.29, 1.82) is 0 Å². The van der Waals surface area contributed by atoms with Crippen molar-refractivity contribution in [2.24, 2.45) is 0 Å². The Kier molecular flexibility index (Phi) is 2.48. The van der Waals surface area contributed by atoms with E-state index in [0.717, 1.165) is 0 Å². The molecule has 0 bridgehead atoms. The number of benzene rings is 1. The summed E-state index contributed by atoms with van der Waals surface area (Å²) in [5.41, 5.74) is 1.29. The molecule has 4 heteroatoms. The SMILES string of the molecule is C=C(O)c1ccc(C2CC(=O)OC2=O)cc1. The van der Waals surface area contributed by atoms with E-state index in [0.29, 0.717) is 11.1 Å². The molecule has 0 aliphatic carbocycles. The summed E-state index contributed by atoms with van der Waals surface area (Å²) in [6.45, 7) is 3.39. The average molecular weight is 218 g/mol. The molecule has 1 aromatic rings. The van der Waals surface area contributed by atoms with Gasteiger partial charge in [0.25, 0.3) is 0 Å². The monoisotopic (exact) mass is 218 g/mol. The van der Waals surface area contributed by atoms with Crippen LogP contribution >= 0.6 is 0 Å². The summed E-state index contributed by atoms with van der Waals surface area (Å²) in [5.74, 6) is -1.56. The van der Waals surface area contributed by atoms with Crippen LogP contribution in [-0.2, 0) is 14.3 Å². The Balaban J connectivity index is 2.25. The van der Waals surface area contributed by atoms with Gasteiger partial charge in [-0.2, -0.15) is 0 Å². The van der Waals surface area contributed by atoms with Gasteiger partial charge in [-0.3, -0.25) is 9.59 Å². The highest BCUT2D eigenvalue weighted by molar-refractivity contribution is 5.97. The Bertz CT molecular complexity index is 458. The fraction of sp³-hybridized carbons (Fsp3) is 0.167. The fourth-order valence-corrected chi connectivity index (χ4v) is 1.64. The molecular formula is C12H10O4. The molecule has 2 rings (SSSR count). The van der Waals surface area contributed by atoms with Gasteiger partial charge in [-0.1, -0.05) is 30.8 Å². The van der Waals surface area contributed by atoms with Gasteiger partial charge in [-0.15, -0.1) is 0 Å². The summed E-state index contributed by atoms with van der Waals surface area (Å²) in [6.07, 6.45) is 0.0816. The van der Waals surface area contributed by atoms with Crippen molar-refractivity contribution in [2.75, 3.05) is 0 Å². The van der Waals surface area contributed by atoms with Gasteiger partial charge in [0.05, 0.1) is 12.3 Å². The number of esters is 2. The van der Waals surface area contributed by atoms with Crippen molar-refractivity contribution in [3.05, 3.63) is 42.0 Å². The first-order chi connectivity index (χ1) is 7.58. The molecule has 0 spiro atoms. The molecule has 0 saturated carbocycles. The summed E-state index contributed by atoms with van der Waals surface area (Å²) in [7, 11) is 0. The maximum absolute atomic E-state index is 11.3. The molecule has 0 radical (unpaired) electrons. The largest absolute Gasteiger partial charge is 0.508 e. The lowest BCUT2D eigenvalue weighted by Gasteiger charge is -2.05. The molecule has 1 saturated heterocycles. The third kappa shape index (κ3) is 1.82. The first-order valence-corrected chi connectivity index (χ1v) is 4.80. The van der Waals surface area contributed by atoms with E-state index < -0.39 is 17.9 Å². The molecule has 82 valence electrons. The molecule has 1 atom stereocenters. The van der Waals surface area contributed by atoms with Crippen molar-refractivity contribution >= 4 is 17.7 Å². The number of carbonyl (C=O) groups is 2. The number of hydrogen-bond acceptors (Lipinski definition) is 4. The number of aliphatic hydroxyl groups excluding tert-OH is 1. The zero-order chi connectivity index (χ0) is 11.7. The van der Waals surface area contributed by atoms with Crippen molar-refractivity contribution < 1.29 is 19.4 Å². The normalized spacial score (nSPS) is 19.6. The number of ether oxygens (including phenoxy) is 1. The van der Waals surface area contributed by atoms with Crippen LogP contribution in [0.5, 0.6) is 0 Å². The molecule has 1 aliphatic rings. The van der Waals surface area contributed by atoms with Crippen molar-refractivity contribution in [2.45, 2.75) is 12.3 Å². The van der Waals surface area contributed by atoms with Gasteiger partial charge in [0.2, 0.25) is 0 Å². The Morgan fingerprint density at radius 2 is 1.94 bits per heavy atom. The third-order valence-electron chi connectivity index (χ3n) is 2.52. The molecule has 4 nitrogen and oxygen atoms in total. The summed E-state index contributed by atoms with van der Waals surface area (Å²) >= 11 is 0. The summed E-state index contributed by atoms with van der Waals surface area (Å²) in [6, 6.07) is 6.66. The third-order valence-corrected chi connectivity index (χ3v) is 2.52. The highest BCUT2D eigenvalue weighted by Gasteiger charge is 2.34. The molecule has 1 unspecified atom stereocenters. The number of carbonyl (C=O) groups excluding carboxylic acids is 2. The van der Waals surface area contributed by atoms with Crippen LogP contribution in [0, 0.1) is 0 Å². The van der Waals surface area contributed by atoms with Crippen LogP contribution in [0.2, 0.25) is 0 Å². The van der Waals surface area contributed by atoms with Gasteiger partial charge in [-0.05, 0) is 5.56 Å². The standard InChI is InChI=1S/C12H10O4/c1-7(13)8-2-4-9(5-3-8)10-6-11(14)16-12(10)15/h2-5,10,13H,1,6H2. The lowest BCUT2D eigenvalue weighted by molar-refractivity contribution is -0.152. The van der Waals surface area contributed by atoms with Gasteiger partial charge in [0, 0.05) is 5.56 Å². The quantitative estimate of drug-likeness (QED) is 0.467. The number of hydrogen-bond donors (Lipinski definition) is 1. The van der Waals surface area contributed by atoms with Crippen LogP contribution < -0.4 is 0 Å². The second kappa shape index (κ2) is 3.81. The van der Waals surface area contributed by atoms with E-state index in [1.807, 2.05) is 0 Å². The molecule has 0 aromatic heterocycles. The van der Waals surface area contributed by atoms with E-state index in [9.17, 15) is 9.59 Å². The molecule has 1 N–H and O–H groups in total. The van der Waals surface area contributed by atoms with Crippen molar-refractivity contribution in [3.63, 3.8) is 0 Å². The lowest BCUT2D eigenvalue weighted by Crippen LogP contribution is -2.05. The molecule has 1 heterocycles.